The number of rotatable bonds is 5. The molecule has 1 aromatic rings. The van der Waals surface area contributed by atoms with Crippen molar-refractivity contribution in [2.24, 2.45) is 10.7 Å². The molecule has 2 N–H and O–H groups in total. The Hall–Kier alpha value is -2.51. The summed E-state index contributed by atoms with van der Waals surface area (Å²) >= 11 is 0. The minimum absolute atomic E-state index is 0.213. The Balaban J connectivity index is 3.01. The van der Waals surface area contributed by atoms with E-state index < -0.39 is 16.8 Å². The molecule has 7 nitrogen and oxygen atoms in total. The molecule has 8 heteroatoms. The number of aromatic nitrogens is 1. The van der Waals surface area contributed by atoms with Gasteiger partial charge in [0.25, 0.3) is 0 Å². The fourth-order valence-corrected chi connectivity index (χ4v) is 1.33. The third-order valence-corrected chi connectivity index (χ3v) is 2.30. The maximum absolute atomic E-state index is 13.1. The van der Waals surface area contributed by atoms with Crippen molar-refractivity contribution in [3.63, 3.8) is 0 Å². The number of hydrogen-bond acceptors (Lipinski definition) is 6. The van der Waals surface area contributed by atoms with Crippen LogP contribution in [0.15, 0.2) is 29.2 Å². The van der Waals surface area contributed by atoms with Crippen LogP contribution >= 0.6 is 0 Å². The highest BCUT2D eigenvalue weighted by Gasteiger charge is 2.14. The summed E-state index contributed by atoms with van der Waals surface area (Å²) in [5, 5.41) is 10.5. The van der Waals surface area contributed by atoms with Crippen molar-refractivity contribution in [3.05, 3.63) is 45.7 Å². The van der Waals surface area contributed by atoms with Gasteiger partial charge < -0.3 is 10.5 Å². The van der Waals surface area contributed by atoms with Gasteiger partial charge in [0, 0.05) is 5.56 Å². The van der Waals surface area contributed by atoms with E-state index in [4.69, 9.17) is 10.5 Å². The number of nitrogens with two attached hydrogens (primary N) is 1. The van der Waals surface area contributed by atoms with Crippen molar-refractivity contribution in [1.29, 1.82) is 0 Å². The van der Waals surface area contributed by atoms with Gasteiger partial charge in [0.15, 0.2) is 0 Å². The molecule has 1 aromatic heterocycles. The average molecular weight is 268 g/mol. The first-order valence-electron chi connectivity index (χ1n) is 5.28. The molecule has 0 unspecified atom stereocenters. The van der Waals surface area contributed by atoms with Crippen LogP contribution in [-0.4, -0.2) is 23.2 Å². The molecule has 0 aliphatic heterocycles. The normalized spacial score (nSPS) is 13.5. The highest BCUT2D eigenvalue weighted by molar-refractivity contribution is 5.75. The summed E-state index contributed by atoms with van der Waals surface area (Å²) in [6.07, 6.45) is 2.85. The molecule has 0 radical (unpaired) electrons. The third kappa shape index (κ3) is 3.73. The monoisotopic (exact) mass is 268 g/mol. The number of halogens is 1. The van der Waals surface area contributed by atoms with E-state index in [1.165, 1.54) is 13.2 Å². The Morgan fingerprint density at radius 2 is 2.42 bits per heavy atom. The van der Waals surface area contributed by atoms with Crippen molar-refractivity contribution in [2.75, 3.05) is 7.11 Å². The fourth-order valence-electron chi connectivity index (χ4n) is 1.33. The van der Waals surface area contributed by atoms with Crippen LogP contribution in [0.2, 0.25) is 0 Å². The molecule has 0 aromatic carbocycles. The van der Waals surface area contributed by atoms with E-state index in [2.05, 4.69) is 9.98 Å². The maximum atomic E-state index is 13.1. The van der Waals surface area contributed by atoms with Gasteiger partial charge in [-0.05, 0) is 13.0 Å². The van der Waals surface area contributed by atoms with Crippen molar-refractivity contribution in [1.82, 2.24) is 4.98 Å². The quantitative estimate of drug-likeness (QED) is 0.494. The summed E-state index contributed by atoms with van der Waals surface area (Å²) in [6.45, 7) is 1.63. The highest BCUT2D eigenvalue weighted by atomic mass is 19.1. The minimum atomic E-state index is -0.669. The van der Waals surface area contributed by atoms with Gasteiger partial charge in [-0.2, -0.15) is 0 Å². The Morgan fingerprint density at radius 1 is 1.74 bits per heavy atom. The van der Waals surface area contributed by atoms with E-state index in [9.17, 15) is 14.5 Å². The van der Waals surface area contributed by atoms with Crippen LogP contribution in [0.4, 0.5) is 4.39 Å². The maximum Gasteiger partial charge on any atom is 0.302 e. The standard InChI is InChI=1S/C11H13FN4O3/c1-7(14-6-9(4-13)16(17)18)10-3-8(12)5-15-11(10)19-2/h3-7H,13H2,1-2H3/b9-4+,14-6?/t7-/m0/s1. The highest BCUT2D eigenvalue weighted by Crippen LogP contribution is 2.25. The largest absolute Gasteiger partial charge is 0.481 e. The van der Waals surface area contributed by atoms with E-state index in [0.717, 1.165) is 18.6 Å². The van der Waals surface area contributed by atoms with Crippen LogP contribution in [0.3, 0.4) is 0 Å². The number of ether oxygens (including phenoxy) is 1. The summed E-state index contributed by atoms with van der Waals surface area (Å²) in [5.41, 5.74) is 5.12. The molecule has 0 saturated carbocycles. The van der Waals surface area contributed by atoms with Gasteiger partial charge in [-0.25, -0.2) is 9.37 Å². The van der Waals surface area contributed by atoms with Gasteiger partial charge in [0.2, 0.25) is 5.88 Å². The molecule has 0 bridgehead atoms. The van der Waals surface area contributed by atoms with Gasteiger partial charge in [0.05, 0.1) is 30.5 Å². The summed E-state index contributed by atoms with van der Waals surface area (Å²) < 4.78 is 18.1. The van der Waals surface area contributed by atoms with Crippen molar-refractivity contribution < 1.29 is 14.1 Å². The molecular formula is C11H13FN4O3. The number of allylic oxidation sites excluding steroid dienone is 1. The van der Waals surface area contributed by atoms with Crippen LogP contribution in [0.5, 0.6) is 5.88 Å². The third-order valence-electron chi connectivity index (χ3n) is 2.30. The lowest BCUT2D eigenvalue weighted by Gasteiger charge is -2.10. The fraction of sp³-hybridized carbons (Fsp3) is 0.273. The van der Waals surface area contributed by atoms with Crippen molar-refractivity contribution in [2.45, 2.75) is 13.0 Å². The Labute approximate surface area is 108 Å². The van der Waals surface area contributed by atoms with Crippen LogP contribution < -0.4 is 10.5 Å². The molecular weight excluding hydrogens is 255 g/mol. The Bertz CT molecular complexity index is 531. The molecule has 102 valence electrons. The van der Waals surface area contributed by atoms with Crippen molar-refractivity contribution in [3.8, 4) is 5.88 Å². The van der Waals surface area contributed by atoms with Gasteiger partial charge >= 0.3 is 5.70 Å². The summed E-state index contributed by atoms with van der Waals surface area (Å²) in [5.74, 6) is -0.327. The zero-order valence-corrected chi connectivity index (χ0v) is 10.4. The van der Waals surface area contributed by atoms with Gasteiger partial charge in [-0.1, -0.05) is 0 Å². The smallest absolute Gasteiger partial charge is 0.302 e. The van der Waals surface area contributed by atoms with Crippen LogP contribution in [0.1, 0.15) is 18.5 Å². The number of nitrogens with zero attached hydrogens (tertiary/aromatic N) is 3. The lowest BCUT2D eigenvalue weighted by molar-refractivity contribution is -0.414. The molecule has 0 amide bonds. The zero-order valence-electron chi connectivity index (χ0n) is 10.4. The van der Waals surface area contributed by atoms with E-state index in [-0.39, 0.29) is 11.6 Å². The van der Waals surface area contributed by atoms with Crippen LogP contribution in [-0.2, 0) is 0 Å². The molecule has 0 saturated heterocycles. The molecule has 0 aliphatic carbocycles. The van der Waals surface area contributed by atoms with E-state index in [1.54, 1.807) is 6.92 Å². The summed E-state index contributed by atoms with van der Waals surface area (Å²) in [4.78, 5) is 17.5. The Morgan fingerprint density at radius 3 is 2.95 bits per heavy atom. The topological polar surface area (TPSA) is 104 Å². The van der Waals surface area contributed by atoms with Crippen LogP contribution in [0.25, 0.3) is 0 Å². The molecule has 1 atom stereocenters. The first-order valence-corrected chi connectivity index (χ1v) is 5.28. The molecule has 0 spiro atoms. The lowest BCUT2D eigenvalue weighted by atomic mass is 10.1. The first-order chi connectivity index (χ1) is 8.99. The second-order valence-corrected chi connectivity index (χ2v) is 3.55. The number of hydrogen-bond donors (Lipinski definition) is 1. The molecule has 0 aliphatic rings. The second kappa shape index (κ2) is 6.43. The van der Waals surface area contributed by atoms with Gasteiger partial charge in [0.1, 0.15) is 12.0 Å². The van der Waals surface area contributed by atoms with E-state index in [1.807, 2.05) is 0 Å². The summed E-state index contributed by atoms with van der Waals surface area (Å²) in [6, 6.07) is 0.652. The number of nitro groups is 1. The minimum Gasteiger partial charge on any atom is -0.481 e. The summed E-state index contributed by atoms with van der Waals surface area (Å²) in [7, 11) is 1.39. The predicted molar refractivity (Wildman–Crippen MR) is 66.9 cm³/mol. The SMILES string of the molecule is COc1ncc(F)cc1[C@H](C)N=C/C(=C\N)[N+](=O)[O-]. The Kier molecular flexibility index (Phi) is 4.92. The van der Waals surface area contributed by atoms with E-state index >= 15 is 0 Å². The second-order valence-electron chi connectivity index (χ2n) is 3.55. The van der Waals surface area contributed by atoms with E-state index in [0.29, 0.717) is 5.56 Å². The number of methoxy groups -OCH3 is 1. The van der Waals surface area contributed by atoms with Gasteiger partial charge in [-0.15, -0.1) is 0 Å². The van der Waals surface area contributed by atoms with Crippen molar-refractivity contribution >= 4 is 6.21 Å². The van der Waals surface area contributed by atoms with Gasteiger partial charge in [-0.3, -0.25) is 15.1 Å². The zero-order chi connectivity index (χ0) is 14.4. The molecule has 1 rings (SSSR count). The lowest BCUT2D eigenvalue weighted by Crippen LogP contribution is -2.05. The predicted octanol–water partition coefficient (Wildman–Crippen LogP) is 1.44. The number of pyridine rings is 1. The molecule has 1 heterocycles. The first kappa shape index (κ1) is 14.6. The average Bonchev–Trinajstić information content (AvgIpc) is 2.38. The van der Waals surface area contributed by atoms with Crippen LogP contribution in [0, 0.1) is 15.9 Å². The molecule has 0 fully saturated rings. The molecule has 19 heavy (non-hydrogen) atoms. The number of aliphatic imine (C=N–C) groups is 1.